The summed E-state index contributed by atoms with van der Waals surface area (Å²) in [6.07, 6.45) is 2.82. The highest BCUT2D eigenvalue weighted by Crippen LogP contribution is 2.35. The van der Waals surface area contributed by atoms with Crippen LogP contribution in [0.3, 0.4) is 0 Å². The van der Waals surface area contributed by atoms with E-state index in [9.17, 15) is 5.11 Å². The molecule has 5 N–H and O–H groups in total. The number of pyridine rings is 1. The lowest BCUT2D eigenvalue weighted by Gasteiger charge is -2.40. The molecule has 1 saturated heterocycles. The fraction of sp³-hybridized carbons (Fsp3) is 0.615. The SMILES string of the molecule is CC(C)[C@H]1O[C@@H](c2ccncc2N)C[C@@H](N)[C@@H]1O. The number of aliphatic hydroxyl groups excluding tert-OH is 1. The standard InChI is InChI=1S/C13H21N3O2/c1-7(2)13-12(17)9(14)5-11(18-13)8-3-4-16-6-10(8)15/h3-4,6-7,9,11-13,17H,5,14-15H2,1-2H3/t9-,11-,12+,13-/m1/s1. The van der Waals surface area contributed by atoms with Crippen molar-refractivity contribution in [2.45, 2.75) is 44.6 Å². The summed E-state index contributed by atoms with van der Waals surface area (Å²) in [5.41, 5.74) is 13.4. The molecule has 1 aromatic heterocycles. The molecule has 0 unspecified atom stereocenters. The van der Waals surface area contributed by atoms with Gasteiger partial charge in [-0.25, -0.2) is 0 Å². The molecule has 1 fully saturated rings. The van der Waals surface area contributed by atoms with Crippen molar-refractivity contribution in [3.63, 3.8) is 0 Å². The zero-order chi connectivity index (χ0) is 13.3. The number of hydrogen-bond acceptors (Lipinski definition) is 5. The number of nitrogens with two attached hydrogens (primary N) is 2. The van der Waals surface area contributed by atoms with E-state index in [1.165, 1.54) is 0 Å². The number of anilines is 1. The third-order valence-corrected chi connectivity index (χ3v) is 3.47. The van der Waals surface area contributed by atoms with Gasteiger partial charge < -0.3 is 21.3 Å². The van der Waals surface area contributed by atoms with E-state index < -0.39 is 6.10 Å². The van der Waals surface area contributed by atoms with Crippen LogP contribution >= 0.6 is 0 Å². The first-order valence-electron chi connectivity index (χ1n) is 6.29. The Balaban J connectivity index is 2.23. The lowest BCUT2D eigenvalue weighted by atomic mass is 9.88. The summed E-state index contributed by atoms with van der Waals surface area (Å²) in [6, 6.07) is 1.56. The molecule has 100 valence electrons. The van der Waals surface area contributed by atoms with E-state index in [1.807, 2.05) is 19.9 Å². The molecule has 4 atom stereocenters. The summed E-state index contributed by atoms with van der Waals surface area (Å²) in [5.74, 6) is 0.205. The highest BCUT2D eigenvalue weighted by Gasteiger charge is 2.38. The van der Waals surface area contributed by atoms with E-state index in [0.717, 1.165) is 5.56 Å². The molecule has 0 bridgehead atoms. The fourth-order valence-electron chi connectivity index (χ4n) is 2.42. The van der Waals surface area contributed by atoms with Gasteiger partial charge >= 0.3 is 0 Å². The molecule has 0 aromatic carbocycles. The maximum Gasteiger partial charge on any atom is 0.0956 e. The summed E-state index contributed by atoms with van der Waals surface area (Å²) in [5, 5.41) is 10.0. The molecular formula is C13H21N3O2. The highest BCUT2D eigenvalue weighted by atomic mass is 16.5. The van der Waals surface area contributed by atoms with Crippen LogP contribution in [0.2, 0.25) is 0 Å². The number of aliphatic hydroxyl groups is 1. The van der Waals surface area contributed by atoms with Crippen molar-refractivity contribution in [1.29, 1.82) is 0 Å². The van der Waals surface area contributed by atoms with Gasteiger partial charge in [0.25, 0.3) is 0 Å². The molecule has 18 heavy (non-hydrogen) atoms. The molecule has 5 nitrogen and oxygen atoms in total. The third-order valence-electron chi connectivity index (χ3n) is 3.47. The zero-order valence-corrected chi connectivity index (χ0v) is 10.8. The molecule has 1 aliphatic rings. The largest absolute Gasteiger partial charge is 0.397 e. The molecule has 2 heterocycles. The van der Waals surface area contributed by atoms with Gasteiger partial charge in [0.1, 0.15) is 0 Å². The number of ether oxygens (including phenoxy) is 1. The predicted octanol–water partition coefficient (Wildman–Crippen LogP) is 0.838. The first-order chi connectivity index (χ1) is 8.50. The second-order valence-electron chi connectivity index (χ2n) is 5.23. The lowest BCUT2D eigenvalue weighted by Crippen LogP contribution is -2.51. The minimum Gasteiger partial charge on any atom is -0.397 e. The van der Waals surface area contributed by atoms with E-state index in [-0.39, 0.29) is 24.2 Å². The maximum absolute atomic E-state index is 10.0. The molecule has 0 radical (unpaired) electrons. The summed E-state index contributed by atoms with van der Waals surface area (Å²) >= 11 is 0. The number of nitrogens with zero attached hydrogens (tertiary/aromatic N) is 1. The molecule has 1 aromatic rings. The van der Waals surface area contributed by atoms with Gasteiger partial charge in [-0.15, -0.1) is 0 Å². The minimum atomic E-state index is -0.621. The van der Waals surface area contributed by atoms with Crippen molar-refractivity contribution >= 4 is 5.69 Å². The van der Waals surface area contributed by atoms with Crippen LogP contribution in [0.25, 0.3) is 0 Å². The Hall–Kier alpha value is -1.17. The topological polar surface area (TPSA) is 94.4 Å². The maximum atomic E-state index is 10.0. The van der Waals surface area contributed by atoms with Gasteiger partial charge in [-0.2, -0.15) is 0 Å². The van der Waals surface area contributed by atoms with E-state index in [4.69, 9.17) is 16.2 Å². The van der Waals surface area contributed by atoms with Gasteiger partial charge in [0, 0.05) is 17.8 Å². The van der Waals surface area contributed by atoms with Crippen LogP contribution in [0, 0.1) is 5.92 Å². The number of hydrogen-bond donors (Lipinski definition) is 3. The van der Waals surface area contributed by atoms with Gasteiger partial charge in [-0.1, -0.05) is 13.8 Å². The predicted molar refractivity (Wildman–Crippen MR) is 69.7 cm³/mol. The van der Waals surface area contributed by atoms with Gasteiger partial charge in [-0.05, 0) is 18.4 Å². The van der Waals surface area contributed by atoms with Crippen molar-refractivity contribution in [2.24, 2.45) is 11.7 Å². The summed E-state index contributed by atoms with van der Waals surface area (Å²) in [6.45, 7) is 4.03. The van der Waals surface area contributed by atoms with Crippen molar-refractivity contribution in [1.82, 2.24) is 4.98 Å². The molecule has 5 heteroatoms. The van der Waals surface area contributed by atoms with Crippen LogP contribution in [0.5, 0.6) is 0 Å². The summed E-state index contributed by atoms with van der Waals surface area (Å²) in [7, 11) is 0. The van der Waals surface area contributed by atoms with Gasteiger partial charge in [0.15, 0.2) is 0 Å². The van der Waals surface area contributed by atoms with Gasteiger partial charge in [0.05, 0.1) is 30.2 Å². The van der Waals surface area contributed by atoms with E-state index in [2.05, 4.69) is 4.98 Å². The Labute approximate surface area is 107 Å². The lowest BCUT2D eigenvalue weighted by molar-refractivity contribution is -0.145. The van der Waals surface area contributed by atoms with Crippen LogP contribution in [-0.4, -0.2) is 28.3 Å². The monoisotopic (exact) mass is 251 g/mol. The number of rotatable bonds is 2. The Morgan fingerprint density at radius 1 is 1.50 bits per heavy atom. The summed E-state index contributed by atoms with van der Waals surface area (Å²) < 4.78 is 5.96. The smallest absolute Gasteiger partial charge is 0.0956 e. The molecule has 0 amide bonds. The number of aromatic nitrogens is 1. The average molecular weight is 251 g/mol. The minimum absolute atomic E-state index is 0.168. The highest BCUT2D eigenvalue weighted by molar-refractivity contribution is 5.45. The van der Waals surface area contributed by atoms with Crippen LogP contribution in [-0.2, 0) is 4.74 Å². The van der Waals surface area contributed by atoms with Crippen LogP contribution in [0.1, 0.15) is 31.9 Å². The third kappa shape index (κ3) is 2.48. The first kappa shape index (κ1) is 13.3. The normalized spacial score (nSPS) is 32.7. The Kier molecular flexibility index (Phi) is 3.85. The van der Waals surface area contributed by atoms with E-state index in [1.54, 1.807) is 12.4 Å². The van der Waals surface area contributed by atoms with Gasteiger partial charge in [-0.3, -0.25) is 4.98 Å². The van der Waals surface area contributed by atoms with E-state index in [0.29, 0.717) is 12.1 Å². The molecule has 0 aliphatic carbocycles. The molecule has 2 rings (SSSR count). The van der Waals surface area contributed by atoms with Gasteiger partial charge in [0.2, 0.25) is 0 Å². The van der Waals surface area contributed by atoms with Crippen molar-refractivity contribution in [2.75, 3.05) is 5.73 Å². The Morgan fingerprint density at radius 3 is 2.83 bits per heavy atom. The zero-order valence-electron chi connectivity index (χ0n) is 10.8. The van der Waals surface area contributed by atoms with Crippen molar-refractivity contribution in [3.8, 4) is 0 Å². The van der Waals surface area contributed by atoms with Crippen molar-refractivity contribution < 1.29 is 9.84 Å². The second kappa shape index (κ2) is 5.22. The molecular weight excluding hydrogens is 230 g/mol. The second-order valence-corrected chi connectivity index (χ2v) is 5.23. The molecule has 0 spiro atoms. The van der Waals surface area contributed by atoms with E-state index >= 15 is 0 Å². The molecule has 0 saturated carbocycles. The average Bonchev–Trinajstić information content (AvgIpc) is 2.33. The molecule has 1 aliphatic heterocycles. The van der Waals surface area contributed by atoms with Crippen LogP contribution in [0.15, 0.2) is 18.5 Å². The Bertz CT molecular complexity index is 411. The van der Waals surface area contributed by atoms with Crippen LogP contribution in [0.4, 0.5) is 5.69 Å². The Morgan fingerprint density at radius 2 is 2.22 bits per heavy atom. The van der Waals surface area contributed by atoms with Crippen LogP contribution < -0.4 is 11.5 Å². The first-order valence-corrected chi connectivity index (χ1v) is 6.29. The summed E-state index contributed by atoms with van der Waals surface area (Å²) in [4.78, 5) is 3.97. The quantitative estimate of drug-likeness (QED) is 0.724. The fourth-order valence-corrected chi connectivity index (χ4v) is 2.42. The van der Waals surface area contributed by atoms with Crippen molar-refractivity contribution in [3.05, 3.63) is 24.0 Å². The number of nitrogen functional groups attached to an aromatic ring is 1.